The Kier molecular flexibility index (Phi) is 4.56. The topological polar surface area (TPSA) is 9.23 Å². The molecule has 1 aromatic rings. The predicted octanol–water partition coefficient (Wildman–Crippen LogP) is 4.03. The van der Waals surface area contributed by atoms with E-state index in [1.807, 2.05) is 0 Å². The van der Waals surface area contributed by atoms with E-state index >= 15 is 0 Å². The highest BCUT2D eigenvalue weighted by molar-refractivity contribution is 6.17. The van der Waals surface area contributed by atoms with Gasteiger partial charge in [0, 0.05) is 5.88 Å². The van der Waals surface area contributed by atoms with Gasteiger partial charge < -0.3 is 4.74 Å². The second-order valence-electron chi connectivity index (χ2n) is 3.24. The maximum Gasteiger partial charge on any atom is 0.392 e. The Labute approximate surface area is 99.1 Å². The van der Waals surface area contributed by atoms with E-state index in [1.54, 1.807) is 0 Å². The average molecular weight is 275 g/mol. The minimum absolute atomic E-state index is 0.101. The van der Waals surface area contributed by atoms with Crippen molar-refractivity contribution in [3.8, 4) is 5.75 Å². The molecule has 0 aromatic heterocycles. The molecule has 0 spiro atoms. The Hall–Kier alpha value is -1.04. The first kappa shape index (κ1) is 14.0. The van der Waals surface area contributed by atoms with Crippen molar-refractivity contribution in [2.75, 3.05) is 6.61 Å². The van der Waals surface area contributed by atoms with E-state index < -0.39 is 36.6 Å². The standard InChI is InChI=1S/C10H8ClF5O/c11-5-6-3-7(12)9(8(13)4-6)17-2-1-10(14,15)16/h3-4H,1-2,5H2. The largest absolute Gasteiger partial charge is 0.487 e. The molecule has 1 aromatic carbocycles. The van der Waals surface area contributed by atoms with Gasteiger partial charge in [-0.2, -0.15) is 13.2 Å². The smallest absolute Gasteiger partial charge is 0.392 e. The lowest BCUT2D eigenvalue weighted by molar-refractivity contribution is -0.139. The van der Waals surface area contributed by atoms with E-state index in [-0.39, 0.29) is 11.4 Å². The summed E-state index contributed by atoms with van der Waals surface area (Å²) in [7, 11) is 0. The van der Waals surface area contributed by atoms with Crippen LogP contribution in [0.4, 0.5) is 22.0 Å². The van der Waals surface area contributed by atoms with Gasteiger partial charge in [-0.15, -0.1) is 11.6 Å². The number of halogens is 6. The second kappa shape index (κ2) is 5.53. The molecule has 0 radical (unpaired) electrons. The zero-order valence-electron chi connectivity index (χ0n) is 8.45. The summed E-state index contributed by atoms with van der Waals surface area (Å²) < 4.78 is 66.2. The van der Waals surface area contributed by atoms with E-state index in [0.29, 0.717) is 0 Å². The van der Waals surface area contributed by atoms with Crippen LogP contribution in [-0.4, -0.2) is 12.8 Å². The summed E-state index contributed by atoms with van der Waals surface area (Å²) in [6.07, 6.45) is -5.70. The third-order valence-electron chi connectivity index (χ3n) is 1.84. The predicted molar refractivity (Wildman–Crippen MR) is 52.1 cm³/mol. The van der Waals surface area contributed by atoms with Crippen LogP contribution in [0.3, 0.4) is 0 Å². The molecule has 0 fully saturated rings. The molecule has 0 aliphatic carbocycles. The van der Waals surface area contributed by atoms with Gasteiger partial charge in [-0.1, -0.05) is 0 Å². The zero-order valence-corrected chi connectivity index (χ0v) is 9.21. The molecule has 0 unspecified atom stereocenters. The van der Waals surface area contributed by atoms with Crippen molar-refractivity contribution >= 4 is 11.6 Å². The molecular weight excluding hydrogens is 267 g/mol. The monoisotopic (exact) mass is 274 g/mol. The van der Waals surface area contributed by atoms with Crippen molar-refractivity contribution in [3.05, 3.63) is 29.3 Å². The van der Waals surface area contributed by atoms with Crippen LogP contribution < -0.4 is 4.74 Å². The fraction of sp³-hybridized carbons (Fsp3) is 0.400. The van der Waals surface area contributed by atoms with Crippen LogP contribution in [0.2, 0.25) is 0 Å². The molecule has 0 heterocycles. The average Bonchev–Trinajstić information content (AvgIpc) is 2.20. The molecule has 7 heteroatoms. The normalized spacial score (nSPS) is 11.6. The molecule has 0 aliphatic rings. The summed E-state index contributed by atoms with van der Waals surface area (Å²) in [4.78, 5) is 0. The Bertz CT molecular complexity index is 368. The van der Waals surface area contributed by atoms with E-state index in [9.17, 15) is 22.0 Å². The molecule has 0 saturated heterocycles. The minimum Gasteiger partial charge on any atom is -0.487 e. The van der Waals surface area contributed by atoms with Gasteiger partial charge in [0.05, 0.1) is 13.0 Å². The lowest BCUT2D eigenvalue weighted by Crippen LogP contribution is -2.14. The number of alkyl halides is 4. The summed E-state index contributed by atoms with van der Waals surface area (Å²) in [5.41, 5.74) is 0.185. The summed E-state index contributed by atoms with van der Waals surface area (Å²) >= 11 is 5.36. The van der Waals surface area contributed by atoms with E-state index in [1.165, 1.54) is 0 Å². The number of benzene rings is 1. The van der Waals surface area contributed by atoms with Gasteiger partial charge in [0.15, 0.2) is 17.4 Å². The lowest BCUT2D eigenvalue weighted by Gasteiger charge is -2.10. The Morgan fingerprint density at radius 1 is 1.12 bits per heavy atom. The molecular formula is C10H8ClF5O. The van der Waals surface area contributed by atoms with Gasteiger partial charge in [0.1, 0.15) is 0 Å². The van der Waals surface area contributed by atoms with Crippen LogP contribution in [-0.2, 0) is 5.88 Å². The Morgan fingerprint density at radius 2 is 1.65 bits per heavy atom. The fourth-order valence-corrected chi connectivity index (χ4v) is 1.25. The Morgan fingerprint density at radius 3 is 2.06 bits per heavy atom. The van der Waals surface area contributed by atoms with Gasteiger partial charge in [-0.25, -0.2) is 8.78 Å². The third kappa shape index (κ3) is 4.38. The minimum atomic E-state index is -4.43. The highest BCUT2D eigenvalue weighted by Gasteiger charge is 2.27. The summed E-state index contributed by atoms with van der Waals surface area (Å²) in [5, 5.41) is 0. The van der Waals surface area contributed by atoms with E-state index in [2.05, 4.69) is 4.74 Å². The molecule has 1 nitrogen and oxygen atoms in total. The number of rotatable bonds is 4. The summed E-state index contributed by atoms with van der Waals surface area (Å²) in [6, 6.07) is 1.83. The molecule has 0 N–H and O–H groups in total. The van der Waals surface area contributed by atoms with Crippen LogP contribution in [0.5, 0.6) is 5.75 Å². The molecule has 17 heavy (non-hydrogen) atoms. The van der Waals surface area contributed by atoms with Crippen molar-refractivity contribution in [1.82, 2.24) is 0 Å². The molecule has 96 valence electrons. The van der Waals surface area contributed by atoms with Gasteiger partial charge >= 0.3 is 6.18 Å². The first-order valence-electron chi connectivity index (χ1n) is 4.57. The third-order valence-corrected chi connectivity index (χ3v) is 2.15. The van der Waals surface area contributed by atoms with E-state index in [0.717, 1.165) is 12.1 Å². The van der Waals surface area contributed by atoms with Crippen molar-refractivity contribution in [2.24, 2.45) is 0 Å². The van der Waals surface area contributed by atoms with Crippen molar-refractivity contribution in [2.45, 2.75) is 18.5 Å². The van der Waals surface area contributed by atoms with Crippen LogP contribution in [0, 0.1) is 11.6 Å². The maximum atomic E-state index is 13.2. The number of hydrogen-bond donors (Lipinski definition) is 0. The van der Waals surface area contributed by atoms with Gasteiger partial charge in [0.25, 0.3) is 0 Å². The molecule has 0 bridgehead atoms. The van der Waals surface area contributed by atoms with E-state index in [4.69, 9.17) is 11.6 Å². The number of ether oxygens (including phenoxy) is 1. The van der Waals surface area contributed by atoms with Crippen LogP contribution in [0.25, 0.3) is 0 Å². The molecule has 0 aliphatic heterocycles. The lowest BCUT2D eigenvalue weighted by atomic mass is 10.2. The van der Waals surface area contributed by atoms with Crippen LogP contribution in [0.1, 0.15) is 12.0 Å². The van der Waals surface area contributed by atoms with Crippen molar-refractivity contribution in [3.63, 3.8) is 0 Å². The van der Waals surface area contributed by atoms with Crippen molar-refractivity contribution in [1.29, 1.82) is 0 Å². The quantitative estimate of drug-likeness (QED) is 0.595. The SMILES string of the molecule is Fc1cc(CCl)cc(F)c1OCCC(F)(F)F. The number of hydrogen-bond acceptors (Lipinski definition) is 1. The summed E-state index contributed by atoms with van der Waals surface area (Å²) in [5.74, 6) is -3.05. The first-order chi connectivity index (χ1) is 7.83. The molecule has 0 amide bonds. The molecule has 1 rings (SSSR count). The highest BCUT2D eigenvalue weighted by atomic mass is 35.5. The summed E-state index contributed by atoms with van der Waals surface area (Å²) in [6.45, 7) is -0.836. The molecule has 0 saturated carbocycles. The zero-order chi connectivity index (χ0) is 13.1. The van der Waals surface area contributed by atoms with Gasteiger partial charge in [-0.3, -0.25) is 0 Å². The van der Waals surface area contributed by atoms with Crippen LogP contribution in [0.15, 0.2) is 12.1 Å². The van der Waals surface area contributed by atoms with Gasteiger partial charge in [-0.05, 0) is 17.7 Å². The second-order valence-corrected chi connectivity index (χ2v) is 3.50. The maximum absolute atomic E-state index is 13.2. The van der Waals surface area contributed by atoms with Crippen LogP contribution >= 0.6 is 11.6 Å². The Balaban J connectivity index is 2.72. The van der Waals surface area contributed by atoms with Crippen molar-refractivity contribution < 1.29 is 26.7 Å². The molecule has 0 atom stereocenters. The van der Waals surface area contributed by atoms with Gasteiger partial charge in [0.2, 0.25) is 0 Å². The fourth-order valence-electron chi connectivity index (χ4n) is 1.10. The first-order valence-corrected chi connectivity index (χ1v) is 5.10. The highest BCUT2D eigenvalue weighted by Crippen LogP contribution is 2.26.